The SMILES string of the molecule is CCOC(=O)[C@@H](Cc1ccc(OCc2nc(-c3ccsc3)oc2C)cc1)OCC. The summed E-state index contributed by atoms with van der Waals surface area (Å²) in [6.07, 6.45) is -0.140. The molecule has 0 fully saturated rings. The number of hydrogen-bond donors (Lipinski definition) is 0. The summed E-state index contributed by atoms with van der Waals surface area (Å²) >= 11 is 1.60. The predicted molar refractivity (Wildman–Crippen MR) is 111 cm³/mol. The minimum atomic E-state index is -0.597. The van der Waals surface area contributed by atoms with Crippen LogP contribution in [0.5, 0.6) is 5.75 Å². The maximum atomic E-state index is 12.0. The molecule has 154 valence electrons. The Kier molecular flexibility index (Phi) is 7.43. The van der Waals surface area contributed by atoms with E-state index >= 15 is 0 Å². The van der Waals surface area contributed by atoms with Crippen molar-refractivity contribution in [3.63, 3.8) is 0 Å². The fourth-order valence-electron chi connectivity index (χ4n) is 2.81. The zero-order chi connectivity index (χ0) is 20.6. The molecule has 0 amide bonds. The first-order valence-electron chi connectivity index (χ1n) is 9.59. The number of nitrogens with zero attached hydrogens (tertiary/aromatic N) is 1. The Balaban J connectivity index is 1.58. The summed E-state index contributed by atoms with van der Waals surface area (Å²) < 4.78 is 22.2. The molecule has 0 N–H and O–H groups in total. The number of carbonyl (C=O) groups excluding carboxylic acids is 1. The predicted octanol–water partition coefficient (Wildman–Crippen LogP) is 4.80. The molecule has 3 rings (SSSR count). The lowest BCUT2D eigenvalue weighted by molar-refractivity contribution is -0.156. The number of carbonyl (C=O) groups is 1. The molecule has 0 unspecified atom stereocenters. The monoisotopic (exact) mass is 415 g/mol. The average molecular weight is 416 g/mol. The van der Waals surface area contributed by atoms with Crippen molar-refractivity contribution in [1.29, 1.82) is 0 Å². The van der Waals surface area contributed by atoms with Crippen LogP contribution in [0.2, 0.25) is 0 Å². The third kappa shape index (κ3) is 5.68. The van der Waals surface area contributed by atoms with Crippen molar-refractivity contribution in [3.05, 3.63) is 58.1 Å². The summed E-state index contributed by atoms with van der Waals surface area (Å²) in [5.74, 6) is 1.74. The molecule has 0 saturated heterocycles. The van der Waals surface area contributed by atoms with Crippen LogP contribution in [0.3, 0.4) is 0 Å². The molecule has 0 aliphatic rings. The van der Waals surface area contributed by atoms with Crippen LogP contribution < -0.4 is 4.74 Å². The zero-order valence-electron chi connectivity index (χ0n) is 16.8. The Morgan fingerprint density at radius 2 is 1.97 bits per heavy atom. The van der Waals surface area contributed by atoms with Crippen LogP contribution in [0.4, 0.5) is 0 Å². The molecule has 0 aliphatic carbocycles. The van der Waals surface area contributed by atoms with Crippen LogP contribution in [-0.4, -0.2) is 30.3 Å². The van der Waals surface area contributed by atoms with Crippen molar-refractivity contribution in [2.75, 3.05) is 13.2 Å². The highest BCUT2D eigenvalue weighted by Crippen LogP contribution is 2.25. The van der Waals surface area contributed by atoms with Gasteiger partial charge in [-0.3, -0.25) is 0 Å². The fraction of sp³-hybridized carbons (Fsp3) is 0.364. The molecule has 2 heterocycles. The molecule has 0 aliphatic heterocycles. The first-order valence-corrected chi connectivity index (χ1v) is 10.5. The highest BCUT2D eigenvalue weighted by atomic mass is 32.1. The van der Waals surface area contributed by atoms with Gasteiger partial charge in [0.1, 0.15) is 23.8 Å². The minimum Gasteiger partial charge on any atom is -0.487 e. The van der Waals surface area contributed by atoms with Gasteiger partial charge in [-0.1, -0.05) is 12.1 Å². The van der Waals surface area contributed by atoms with Crippen molar-refractivity contribution < 1.29 is 23.4 Å². The lowest BCUT2D eigenvalue weighted by Gasteiger charge is -2.15. The highest BCUT2D eigenvalue weighted by molar-refractivity contribution is 7.08. The molecule has 1 atom stereocenters. The second-order valence-corrected chi connectivity index (χ2v) is 7.15. The van der Waals surface area contributed by atoms with Gasteiger partial charge in [0.25, 0.3) is 0 Å². The van der Waals surface area contributed by atoms with Crippen LogP contribution >= 0.6 is 11.3 Å². The number of aromatic nitrogens is 1. The van der Waals surface area contributed by atoms with E-state index in [1.165, 1.54) is 0 Å². The number of thiophene rings is 1. The van der Waals surface area contributed by atoms with E-state index in [-0.39, 0.29) is 5.97 Å². The Hall–Kier alpha value is -2.64. The molecule has 0 spiro atoms. The lowest BCUT2D eigenvalue weighted by Crippen LogP contribution is -2.28. The van der Waals surface area contributed by atoms with E-state index in [4.69, 9.17) is 18.6 Å². The number of ether oxygens (including phenoxy) is 3. The topological polar surface area (TPSA) is 70.8 Å². The van der Waals surface area contributed by atoms with Crippen molar-refractivity contribution in [2.24, 2.45) is 0 Å². The summed E-state index contributed by atoms with van der Waals surface area (Å²) in [5, 5.41) is 3.99. The molecule has 0 radical (unpaired) electrons. The second-order valence-electron chi connectivity index (χ2n) is 6.37. The van der Waals surface area contributed by atoms with Gasteiger partial charge in [0, 0.05) is 24.0 Å². The zero-order valence-corrected chi connectivity index (χ0v) is 17.7. The average Bonchev–Trinajstić information content (AvgIpc) is 3.37. The minimum absolute atomic E-state index is 0.323. The van der Waals surface area contributed by atoms with Crippen LogP contribution in [0.25, 0.3) is 11.5 Å². The first-order chi connectivity index (χ1) is 14.1. The molecule has 0 saturated carbocycles. The molecular weight excluding hydrogens is 390 g/mol. The number of rotatable bonds is 10. The molecule has 2 aromatic heterocycles. The molecule has 29 heavy (non-hydrogen) atoms. The van der Waals surface area contributed by atoms with Crippen molar-refractivity contribution in [2.45, 2.75) is 39.9 Å². The van der Waals surface area contributed by atoms with Gasteiger partial charge in [-0.05, 0) is 49.9 Å². The van der Waals surface area contributed by atoms with Crippen molar-refractivity contribution in [3.8, 4) is 17.2 Å². The number of aryl methyl sites for hydroxylation is 1. The second kappa shape index (κ2) is 10.2. The number of benzene rings is 1. The summed E-state index contributed by atoms with van der Waals surface area (Å²) in [7, 11) is 0. The number of esters is 1. The third-order valence-electron chi connectivity index (χ3n) is 4.30. The van der Waals surface area contributed by atoms with Gasteiger partial charge in [-0.25, -0.2) is 9.78 Å². The van der Waals surface area contributed by atoms with E-state index in [9.17, 15) is 4.79 Å². The summed E-state index contributed by atoms with van der Waals surface area (Å²) in [4.78, 5) is 16.5. The van der Waals surface area contributed by atoms with Crippen LogP contribution in [-0.2, 0) is 27.3 Å². The fourth-order valence-corrected chi connectivity index (χ4v) is 3.44. The summed E-state index contributed by atoms with van der Waals surface area (Å²) in [6, 6.07) is 9.57. The van der Waals surface area contributed by atoms with Gasteiger partial charge < -0.3 is 18.6 Å². The third-order valence-corrected chi connectivity index (χ3v) is 4.98. The summed E-state index contributed by atoms with van der Waals surface area (Å²) in [5.41, 5.74) is 2.72. The van der Waals surface area contributed by atoms with E-state index in [1.807, 2.05) is 54.9 Å². The highest BCUT2D eigenvalue weighted by Gasteiger charge is 2.20. The molecule has 6 nitrogen and oxygen atoms in total. The van der Waals surface area contributed by atoms with E-state index in [0.29, 0.717) is 32.1 Å². The van der Waals surface area contributed by atoms with Gasteiger partial charge in [-0.15, -0.1) is 0 Å². The van der Waals surface area contributed by atoms with Crippen molar-refractivity contribution in [1.82, 2.24) is 4.98 Å². The molecular formula is C22H25NO5S. The van der Waals surface area contributed by atoms with Gasteiger partial charge in [0.15, 0.2) is 6.10 Å². The van der Waals surface area contributed by atoms with Crippen LogP contribution in [0.1, 0.15) is 30.9 Å². The van der Waals surface area contributed by atoms with E-state index in [0.717, 1.165) is 28.3 Å². The lowest BCUT2D eigenvalue weighted by atomic mass is 10.1. The molecule has 1 aromatic carbocycles. The van der Waals surface area contributed by atoms with Gasteiger partial charge in [0.05, 0.1) is 6.61 Å². The van der Waals surface area contributed by atoms with E-state index < -0.39 is 6.10 Å². The summed E-state index contributed by atoms with van der Waals surface area (Å²) in [6.45, 7) is 6.64. The number of oxazole rings is 1. The van der Waals surface area contributed by atoms with Crippen LogP contribution in [0.15, 0.2) is 45.5 Å². The Labute approximate surface area is 174 Å². The van der Waals surface area contributed by atoms with Crippen molar-refractivity contribution >= 4 is 17.3 Å². The number of hydrogen-bond acceptors (Lipinski definition) is 7. The maximum Gasteiger partial charge on any atom is 0.335 e. The van der Waals surface area contributed by atoms with Crippen LogP contribution in [0, 0.1) is 6.92 Å². The quantitative estimate of drug-likeness (QED) is 0.443. The smallest absolute Gasteiger partial charge is 0.335 e. The molecule has 3 aromatic rings. The van der Waals surface area contributed by atoms with E-state index in [2.05, 4.69) is 4.98 Å². The first kappa shape index (κ1) is 21.1. The largest absolute Gasteiger partial charge is 0.487 e. The van der Waals surface area contributed by atoms with Gasteiger partial charge >= 0.3 is 5.97 Å². The van der Waals surface area contributed by atoms with Gasteiger partial charge in [0.2, 0.25) is 5.89 Å². The Bertz CT molecular complexity index is 902. The standard InChI is InChI=1S/C22H25NO5S/c1-4-25-20(22(24)26-5-2)12-16-6-8-18(9-7-16)27-13-19-15(3)28-21(23-19)17-10-11-29-14-17/h6-11,14,20H,4-5,12-13H2,1-3H3/t20-/m1/s1. The normalized spacial score (nSPS) is 12.0. The molecule has 7 heteroatoms. The van der Waals surface area contributed by atoms with E-state index in [1.54, 1.807) is 18.3 Å². The Morgan fingerprint density at radius 3 is 2.62 bits per heavy atom. The van der Waals surface area contributed by atoms with Gasteiger partial charge in [-0.2, -0.15) is 11.3 Å². The Morgan fingerprint density at radius 1 is 1.17 bits per heavy atom. The maximum absolute atomic E-state index is 12.0. The molecule has 0 bridgehead atoms.